The molecule has 0 aliphatic carbocycles. The number of fused-ring (bicyclic) bond motifs is 1. The summed E-state index contributed by atoms with van der Waals surface area (Å²) >= 11 is 1.45. The van der Waals surface area contributed by atoms with Gasteiger partial charge in [0, 0.05) is 20.5 Å². The first-order chi connectivity index (χ1) is 11.7. The van der Waals surface area contributed by atoms with Gasteiger partial charge < -0.3 is 9.84 Å². The predicted molar refractivity (Wildman–Crippen MR) is 93.9 cm³/mol. The molecule has 2 aromatic carbocycles. The van der Waals surface area contributed by atoms with Crippen LogP contribution in [-0.4, -0.2) is 17.4 Å². The zero-order chi connectivity index (χ0) is 16.9. The quantitative estimate of drug-likeness (QED) is 0.651. The molecule has 3 aromatic rings. The second kappa shape index (κ2) is 7.27. The van der Waals surface area contributed by atoms with Crippen LogP contribution in [0.25, 0.3) is 10.1 Å². The first kappa shape index (κ1) is 16.2. The maximum absolute atomic E-state index is 11.3. The highest BCUT2D eigenvalue weighted by atomic mass is 32.1. The van der Waals surface area contributed by atoms with E-state index in [9.17, 15) is 9.59 Å². The van der Waals surface area contributed by atoms with Gasteiger partial charge in [0.15, 0.2) is 6.29 Å². The van der Waals surface area contributed by atoms with Crippen LogP contribution in [-0.2, 0) is 17.8 Å². The van der Waals surface area contributed by atoms with Crippen molar-refractivity contribution in [3.63, 3.8) is 0 Å². The molecule has 1 N–H and O–H groups in total. The summed E-state index contributed by atoms with van der Waals surface area (Å²) in [7, 11) is 0. The summed E-state index contributed by atoms with van der Waals surface area (Å²) in [6.07, 6.45) is 1.34. The van der Waals surface area contributed by atoms with E-state index in [0.29, 0.717) is 24.3 Å². The number of ether oxygens (including phenoxy) is 1. The Hall–Kier alpha value is -2.66. The summed E-state index contributed by atoms with van der Waals surface area (Å²) in [6.45, 7) is 0.441. The Morgan fingerprint density at radius 2 is 1.96 bits per heavy atom. The van der Waals surface area contributed by atoms with E-state index in [4.69, 9.17) is 9.84 Å². The number of carbonyl (C=O) groups is 2. The third-order valence-electron chi connectivity index (χ3n) is 3.67. The van der Waals surface area contributed by atoms with Crippen LogP contribution in [0.15, 0.2) is 48.5 Å². The largest absolute Gasteiger partial charge is 0.488 e. The molecule has 122 valence electrons. The van der Waals surface area contributed by atoms with Crippen LogP contribution in [0.1, 0.15) is 27.2 Å². The van der Waals surface area contributed by atoms with Crippen LogP contribution in [0.2, 0.25) is 0 Å². The molecule has 0 atom stereocenters. The molecule has 3 rings (SSSR count). The fourth-order valence-electron chi connectivity index (χ4n) is 2.48. The summed E-state index contributed by atoms with van der Waals surface area (Å²) < 4.78 is 6.76. The molecule has 24 heavy (non-hydrogen) atoms. The monoisotopic (exact) mass is 340 g/mol. The molecule has 5 heteroatoms. The number of rotatable bonds is 7. The Morgan fingerprint density at radius 3 is 2.67 bits per heavy atom. The molecular weight excluding hydrogens is 324 g/mol. The Labute approximate surface area is 143 Å². The van der Waals surface area contributed by atoms with Gasteiger partial charge in [-0.25, -0.2) is 0 Å². The normalized spacial score (nSPS) is 10.7. The topological polar surface area (TPSA) is 63.6 Å². The first-order valence-electron chi connectivity index (χ1n) is 7.56. The number of benzene rings is 2. The second-order valence-corrected chi connectivity index (χ2v) is 6.53. The number of aryl methyl sites for hydroxylation is 1. The van der Waals surface area contributed by atoms with Crippen LogP contribution < -0.4 is 4.74 Å². The van der Waals surface area contributed by atoms with Crippen molar-refractivity contribution in [1.29, 1.82) is 0 Å². The van der Waals surface area contributed by atoms with Crippen molar-refractivity contribution in [2.75, 3.05) is 0 Å². The third-order valence-corrected chi connectivity index (χ3v) is 4.92. The molecule has 0 spiro atoms. The van der Waals surface area contributed by atoms with Crippen LogP contribution >= 0.6 is 11.3 Å². The van der Waals surface area contributed by atoms with Gasteiger partial charge in [-0.1, -0.05) is 30.3 Å². The minimum Gasteiger partial charge on any atom is -0.488 e. The number of carbonyl (C=O) groups excluding carboxylic acids is 1. The molecule has 0 radical (unpaired) electrons. The number of hydrogen-bond acceptors (Lipinski definition) is 4. The van der Waals surface area contributed by atoms with Gasteiger partial charge >= 0.3 is 5.97 Å². The number of aliphatic carboxylic acids is 1. The highest BCUT2D eigenvalue weighted by Gasteiger charge is 2.12. The van der Waals surface area contributed by atoms with Gasteiger partial charge in [-0.3, -0.25) is 9.59 Å². The Bertz CT molecular complexity index is 868. The smallest absolute Gasteiger partial charge is 0.303 e. The summed E-state index contributed by atoms with van der Waals surface area (Å²) in [4.78, 5) is 23.0. The maximum Gasteiger partial charge on any atom is 0.303 e. The molecular formula is C19H16O4S. The average Bonchev–Trinajstić information content (AvgIpc) is 3.03. The minimum absolute atomic E-state index is 0.0729. The Balaban J connectivity index is 1.89. The van der Waals surface area contributed by atoms with Gasteiger partial charge in [0.2, 0.25) is 0 Å². The standard InChI is InChI=1S/C19H16O4S/c20-11-14-6-8-17(23-12-13-4-2-1-3-5-13)16-10-15(24-19(14)16)7-9-18(21)22/h1-6,8,10-11H,7,9,12H2,(H,21,22). The molecule has 0 saturated heterocycles. The lowest BCUT2D eigenvalue weighted by Crippen LogP contribution is -1.96. The van der Waals surface area contributed by atoms with Crippen molar-refractivity contribution in [3.8, 4) is 5.75 Å². The van der Waals surface area contributed by atoms with E-state index in [2.05, 4.69) is 0 Å². The second-order valence-electron chi connectivity index (χ2n) is 5.39. The number of thiophene rings is 1. The Kier molecular flexibility index (Phi) is 4.91. The van der Waals surface area contributed by atoms with Crippen molar-refractivity contribution < 1.29 is 19.4 Å². The van der Waals surface area contributed by atoms with Gasteiger partial charge in [-0.05, 0) is 30.2 Å². The highest BCUT2D eigenvalue weighted by molar-refractivity contribution is 7.19. The number of hydrogen-bond donors (Lipinski definition) is 1. The van der Waals surface area contributed by atoms with E-state index in [1.54, 1.807) is 12.1 Å². The molecule has 0 amide bonds. The lowest BCUT2D eigenvalue weighted by molar-refractivity contribution is -0.136. The van der Waals surface area contributed by atoms with E-state index in [0.717, 1.165) is 26.8 Å². The Morgan fingerprint density at radius 1 is 1.17 bits per heavy atom. The molecule has 0 aliphatic heterocycles. The molecule has 0 bridgehead atoms. The van der Waals surface area contributed by atoms with Crippen LogP contribution in [0, 0.1) is 0 Å². The summed E-state index contributed by atoms with van der Waals surface area (Å²) in [5, 5.41) is 9.70. The van der Waals surface area contributed by atoms with Crippen LogP contribution in [0.5, 0.6) is 5.75 Å². The molecule has 0 aliphatic rings. The van der Waals surface area contributed by atoms with Gasteiger partial charge in [0.1, 0.15) is 12.4 Å². The van der Waals surface area contributed by atoms with Gasteiger partial charge in [-0.2, -0.15) is 0 Å². The predicted octanol–water partition coefficient (Wildman–Crippen LogP) is 4.31. The maximum atomic E-state index is 11.3. The average molecular weight is 340 g/mol. The van der Waals surface area contributed by atoms with Crippen molar-refractivity contribution in [2.45, 2.75) is 19.4 Å². The molecule has 0 unspecified atom stereocenters. The van der Waals surface area contributed by atoms with Gasteiger partial charge in [0.05, 0.1) is 6.42 Å². The zero-order valence-corrected chi connectivity index (χ0v) is 13.7. The zero-order valence-electron chi connectivity index (χ0n) is 12.9. The highest BCUT2D eigenvalue weighted by Crippen LogP contribution is 2.36. The molecule has 1 aromatic heterocycles. The number of carboxylic acid groups (broad SMARTS) is 1. The van der Waals surface area contributed by atoms with E-state index in [1.807, 2.05) is 36.4 Å². The van der Waals surface area contributed by atoms with Crippen LogP contribution in [0.3, 0.4) is 0 Å². The lowest BCUT2D eigenvalue weighted by atomic mass is 10.1. The molecule has 1 heterocycles. The van der Waals surface area contributed by atoms with Crippen molar-refractivity contribution in [1.82, 2.24) is 0 Å². The van der Waals surface area contributed by atoms with Crippen molar-refractivity contribution >= 4 is 33.7 Å². The summed E-state index contributed by atoms with van der Waals surface area (Å²) in [5.74, 6) is -0.124. The minimum atomic E-state index is -0.830. The fraction of sp³-hybridized carbons (Fsp3) is 0.158. The van der Waals surface area contributed by atoms with E-state index < -0.39 is 5.97 Å². The summed E-state index contributed by atoms with van der Waals surface area (Å²) in [5.41, 5.74) is 1.66. The lowest BCUT2D eigenvalue weighted by Gasteiger charge is -2.08. The summed E-state index contributed by atoms with van der Waals surface area (Å²) in [6, 6.07) is 15.3. The van der Waals surface area contributed by atoms with Crippen molar-refractivity contribution in [3.05, 3.63) is 64.5 Å². The SMILES string of the molecule is O=Cc1ccc(OCc2ccccc2)c2cc(CCC(=O)O)sc12. The van der Waals surface area contributed by atoms with Gasteiger partial charge in [-0.15, -0.1) is 11.3 Å². The fourth-order valence-corrected chi connectivity index (χ4v) is 3.62. The van der Waals surface area contributed by atoms with Crippen LogP contribution in [0.4, 0.5) is 0 Å². The molecule has 4 nitrogen and oxygen atoms in total. The molecule has 0 fully saturated rings. The van der Waals surface area contributed by atoms with E-state index in [1.165, 1.54) is 11.3 Å². The van der Waals surface area contributed by atoms with Crippen molar-refractivity contribution in [2.24, 2.45) is 0 Å². The number of carboxylic acids is 1. The molecule has 0 saturated carbocycles. The third kappa shape index (κ3) is 3.63. The van der Waals surface area contributed by atoms with E-state index >= 15 is 0 Å². The first-order valence-corrected chi connectivity index (χ1v) is 8.38. The number of aldehydes is 1. The van der Waals surface area contributed by atoms with Gasteiger partial charge in [0.25, 0.3) is 0 Å². The van der Waals surface area contributed by atoms with E-state index in [-0.39, 0.29) is 6.42 Å².